The molecule has 19 heteroatoms. The van der Waals surface area contributed by atoms with Gasteiger partial charge in [0.25, 0.3) is 0 Å². The van der Waals surface area contributed by atoms with Crippen molar-refractivity contribution < 1.29 is 66.6 Å². The predicted molar refractivity (Wildman–Crippen MR) is 195 cm³/mol. The van der Waals surface area contributed by atoms with Crippen molar-refractivity contribution in [1.29, 1.82) is 0 Å². The van der Waals surface area contributed by atoms with Crippen molar-refractivity contribution in [1.82, 2.24) is 9.97 Å². The summed E-state index contributed by atoms with van der Waals surface area (Å²) in [5, 5.41) is 17.6. The van der Waals surface area contributed by atoms with E-state index >= 15 is 0 Å². The molecule has 0 N–H and O–H groups in total. The molecule has 0 radical (unpaired) electrons. The Balaban J connectivity index is 0.000000365. The molecule has 0 aliphatic carbocycles. The topological polar surface area (TPSA) is 106 Å². The maximum Gasteiger partial charge on any atom is 2.00 e. The number of carbonyl (C=O) groups excluding carboxylic acids is 2. The smallest absolute Gasteiger partial charge is 0.542 e. The van der Waals surface area contributed by atoms with Crippen LogP contribution in [0.4, 0.5) is 26.3 Å². The van der Waals surface area contributed by atoms with Gasteiger partial charge < -0.3 is 19.8 Å². The Hall–Kier alpha value is -2.88. The molecule has 0 unspecified atom stereocenters. The van der Waals surface area contributed by atoms with E-state index in [0.717, 1.165) is 31.2 Å². The fourth-order valence-corrected chi connectivity index (χ4v) is 7.31. The summed E-state index contributed by atoms with van der Waals surface area (Å²) in [4.78, 5) is 26.8. The number of hydrogen-bond acceptors (Lipinski definition) is 10. The summed E-state index contributed by atoms with van der Waals surface area (Å²) in [6.45, 7) is 0. The molecule has 0 fully saturated rings. The average molecular weight is 946 g/mol. The second-order valence-electron chi connectivity index (χ2n) is 9.39. The van der Waals surface area contributed by atoms with Gasteiger partial charge in [0, 0.05) is 23.3 Å². The van der Waals surface area contributed by atoms with Crippen LogP contribution >= 0.6 is 69.4 Å². The first-order chi connectivity index (χ1) is 24.6. The van der Waals surface area contributed by atoms with Crippen molar-refractivity contribution in [2.24, 2.45) is 0 Å². The Bertz CT molecular complexity index is 1730. The normalized spacial score (nSPS) is 10.5. The number of carbonyl (C=O) groups is 2. The van der Waals surface area contributed by atoms with Crippen LogP contribution in [0.2, 0.25) is 0 Å². The quantitative estimate of drug-likeness (QED) is 0.0676. The zero-order valence-corrected chi connectivity index (χ0v) is 33.1. The SMILES string of the molecule is ClCCCl.O=C([O-])C(F)(F)F.O=C([O-])C(F)(F)F.[Pd+2].c1ccc(CSc2nc3ccccc3s2)cc1.c1ccc(CSc2nc3ccccc3s2)cc1. The summed E-state index contributed by atoms with van der Waals surface area (Å²) in [7, 11) is 0. The third kappa shape index (κ3) is 19.9. The second kappa shape index (κ2) is 25.2. The average Bonchev–Trinajstić information content (AvgIpc) is 3.75. The van der Waals surface area contributed by atoms with Crippen molar-refractivity contribution in [2.75, 3.05) is 11.8 Å². The molecular formula is C34H26Cl2F6N2O4PdS4. The number of thiazole rings is 2. The van der Waals surface area contributed by atoms with Gasteiger partial charge in [0.1, 0.15) is 11.9 Å². The van der Waals surface area contributed by atoms with Crippen molar-refractivity contribution in [3.63, 3.8) is 0 Å². The molecular weight excluding hydrogens is 920 g/mol. The van der Waals surface area contributed by atoms with E-state index in [1.54, 1.807) is 46.2 Å². The number of thioether (sulfide) groups is 2. The molecule has 0 aliphatic rings. The fraction of sp³-hybridized carbons (Fsp3) is 0.176. The molecule has 0 saturated heterocycles. The van der Waals surface area contributed by atoms with Crippen LogP contribution in [0.5, 0.6) is 0 Å². The minimum absolute atomic E-state index is 0. The predicted octanol–water partition coefficient (Wildman–Crippen LogP) is 9.24. The van der Waals surface area contributed by atoms with Gasteiger partial charge in [-0.05, 0) is 35.4 Å². The van der Waals surface area contributed by atoms with Crippen LogP contribution in [0.25, 0.3) is 20.4 Å². The van der Waals surface area contributed by atoms with Crippen LogP contribution in [0.1, 0.15) is 11.1 Å². The first-order valence-corrected chi connectivity index (χ1v) is 19.0. The van der Waals surface area contributed by atoms with Crippen LogP contribution in [0.15, 0.2) is 118 Å². The molecule has 0 amide bonds. The van der Waals surface area contributed by atoms with Gasteiger partial charge in [-0.3, -0.25) is 0 Å². The largest absolute Gasteiger partial charge is 2.00 e. The molecule has 6 nitrogen and oxygen atoms in total. The van der Waals surface area contributed by atoms with E-state index in [1.807, 2.05) is 24.3 Å². The molecule has 0 aliphatic heterocycles. The number of hydrogen-bond donors (Lipinski definition) is 0. The first-order valence-electron chi connectivity index (χ1n) is 14.4. The van der Waals surface area contributed by atoms with Gasteiger partial charge in [0.15, 0.2) is 8.68 Å². The number of rotatable bonds is 7. The Morgan fingerprint density at radius 2 is 0.849 bits per heavy atom. The maximum absolute atomic E-state index is 10.5. The first kappa shape index (κ1) is 48.1. The number of nitrogens with zero attached hydrogens (tertiary/aromatic N) is 2. The van der Waals surface area contributed by atoms with Gasteiger partial charge in [-0.25, -0.2) is 9.97 Å². The summed E-state index contributed by atoms with van der Waals surface area (Å²) in [6, 6.07) is 37.6. The molecule has 0 atom stereocenters. The van der Waals surface area contributed by atoms with E-state index in [-0.39, 0.29) is 20.4 Å². The van der Waals surface area contributed by atoms with Crippen LogP contribution in [-0.4, -0.2) is 46.0 Å². The van der Waals surface area contributed by atoms with Crippen LogP contribution in [0, 0.1) is 0 Å². The number of benzene rings is 4. The molecule has 2 heterocycles. The summed E-state index contributed by atoms with van der Waals surface area (Å²) in [5.74, 6) is -2.93. The number of para-hydroxylation sites is 2. The number of alkyl halides is 8. The minimum Gasteiger partial charge on any atom is -0.542 e. The third-order valence-corrected chi connectivity index (χ3v) is 10.6. The van der Waals surface area contributed by atoms with Crippen LogP contribution in [0.3, 0.4) is 0 Å². The molecule has 0 bridgehead atoms. The number of aliphatic carboxylic acids is 2. The van der Waals surface area contributed by atoms with Crippen LogP contribution < -0.4 is 10.2 Å². The molecule has 4 aromatic carbocycles. The van der Waals surface area contributed by atoms with Crippen LogP contribution in [-0.2, 0) is 41.5 Å². The van der Waals surface area contributed by atoms with Gasteiger partial charge in [0.05, 0.1) is 20.4 Å². The summed E-state index contributed by atoms with van der Waals surface area (Å²) < 4.78 is 67.9. The Morgan fingerprint density at radius 1 is 0.566 bits per heavy atom. The summed E-state index contributed by atoms with van der Waals surface area (Å²) >= 11 is 17.3. The van der Waals surface area contributed by atoms with Gasteiger partial charge in [-0.1, -0.05) is 108 Å². The standard InChI is InChI=1S/2C14H11NS2.C2H4Cl2.2C2HF3O2.Pd/c2*1-2-6-11(7-3-1)10-16-14-15-12-8-4-5-9-13(12)17-14;3-1-2-4;2*3-2(4,5)1(6)7;/h2*1-9H,10H2;1-2H2;2*(H,6,7);/q;;;;;+2/p-2. The molecule has 6 aromatic rings. The summed E-state index contributed by atoms with van der Waals surface area (Å²) in [5.41, 5.74) is 4.90. The van der Waals surface area contributed by atoms with Gasteiger partial charge in [0.2, 0.25) is 0 Å². The molecule has 0 spiro atoms. The molecule has 2 aromatic heterocycles. The molecule has 0 saturated carbocycles. The van der Waals surface area contributed by atoms with E-state index < -0.39 is 24.3 Å². The fourth-order valence-electron chi connectivity index (χ4n) is 3.26. The van der Waals surface area contributed by atoms with E-state index in [4.69, 9.17) is 43.0 Å². The number of carboxylic acid groups (broad SMARTS) is 2. The second-order valence-corrected chi connectivity index (χ2v) is 14.7. The number of aromatic nitrogens is 2. The van der Waals surface area contributed by atoms with Crippen molar-refractivity contribution in [2.45, 2.75) is 32.5 Å². The van der Waals surface area contributed by atoms with Crippen molar-refractivity contribution >= 4 is 102 Å². The number of halogens is 8. The van der Waals surface area contributed by atoms with Crippen molar-refractivity contribution in [3.05, 3.63) is 120 Å². The summed E-state index contributed by atoms with van der Waals surface area (Å²) in [6.07, 6.45) is -10.4. The Kier molecular flexibility index (Phi) is 22.9. The molecule has 6 rings (SSSR count). The van der Waals surface area contributed by atoms with E-state index in [1.165, 1.54) is 20.5 Å². The molecule has 286 valence electrons. The molecule has 53 heavy (non-hydrogen) atoms. The Labute approximate surface area is 340 Å². The maximum atomic E-state index is 10.5. The van der Waals surface area contributed by atoms with Gasteiger partial charge in [-0.15, -0.1) is 45.9 Å². The zero-order valence-electron chi connectivity index (χ0n) is 26.7. The Morgan fingerprint density at radius 3 is 1.11 bits per heavy atom. The van der Waals surface area contributed by atoms with E-state index in [0.29, 0.717) is 11.8 Å². The van der Waals surface area contributed by atoms with Crippen molar-refractivity contribution in [3.8, 4) is 0 Å². The number of carboxylic acids is 2. The monoisotopic (exact) mass is 944 g/mol. The van der Waals surface area contributed by atoms with Gasteiger partial charge >= 0.3 is 32.8 Å². The third-order valence-electron chi connectivity index (χ3n) is 5.49. The van der Waals surface area contributed by atoms with E-state index in [9.17, 15) is 26.3 Å². The van der Waals surface area contributed by atoms with Gasteiger partial charge in [-0.2, -0.15) is 26.3 Å². The van der Waals surface area contributed by atoms with E-state index in [2.05, 4.69) is 94.9 Å². The number of fused-ring (bicyclic) bond motifs is 2. The zero-order chi connectivity index (χ0) is 38.6. The minimum atomic E-state index is -5.19.